The Hall–Kier alpha value is -3.22. The van der Waals surface area contributed by atoms with Crippen LogP contribution >= 0.6 is 0 Å². The van der Waals surface area contributed by atoms with Crippen molar-refractivity contribution >= 4 is 11.9 Å². The van der Waals surface area contributed by atoms with E-state index in [2.05, 4.69) is 15.5 Å². The summed E-state index contributed by atoms with van der Waals surface area (Å²) in [6, 6.07) is 9.84. The van der Waals surface area contributed by atoms with Crippen LogP contribution in [0.4, 0.5) is 5.95 Å². The second kappa shape index (κ2) is 8.03. The van der Waals surface area contributed by atoms with Crippen LogP contribution in [-0.2, 0) is 11.3 Å². The Kier molecular flexibility index (Phi) is 5.68. The number of nitrogens with zero attached hydrogens (tertiary/aromatic N) is 4. The average Bonchev–Trinajstić information content (AvgIpc) is 3.11. The summed E-state index contributed by atoms with van der Waals surface area (Å²) in [5, 5.41) is 6.95. The number of aryl methyl sites for hydroxylation is 1. The van der Waals surface area contributed by atoms with Gasteiger partial charge in [0.2, 0.25) is 11.9 Å². The fourth-order valence-corrected chi connectivity index (χ4v) is 2.71. The quantitative estimate of drug-likeness (QED) is 0.709. The van der Waals surface area contributed by atoms with E-state index in [0.29, 0.717) is 18.3 Å². The molecule has 2 aromatic heterocycles. The number of anilines is 1. The number of hydrogen-bond acceptors (Lipinski definition) is 6. The molecular formula is C22H27N5O2. The van der Waals surface area contributed by atoms with Crippen LogP contribution in [0.3, 0.4) is 0 Å². The molecule has 0 bridgehead atoms. The van der Waals surface area contributed by atoms with Crippen LogP contribution in [0.15, 0.2) is 41.1 Å². The first-order chi connectivity index (χ1) is 13.6. The largest absolute Gasteiger partial charge is 0.356 e. The zero-order valence-electron chi connectivity index (χ0n) is 17.8. The minimum Gasteiger partial charge on any atom is -0.356 e. The van der Waals surface area contributed by atoms with Gasteiger partial charge in [-0.1, -0.05) is 50.2 Å². The van der Waals surface area contributed by atoms with Crippen LogP contribution in [0.5, 0.6) is 0 Å². The monoisotopic (exact) mass is 393 g/mol. The molecular weight excluding hydrogens is 366 g/mol. The molecule has 0 atom stereocenters. The topological polar surface area (TPSA) is 84.2 Å². The Bertz CT molecular complexity index is 1000. The van der Waals surface area contributed by atoms with Crippen LogP contribution in [0, 0.1) is 12.3 Å². The van der Waals surface area contributed by atoms with Crippen molar-refractivity contribution < 1.29 is 9.32 Å². The number of benzene rings is 1. The van der Waals surface area contributed by atoms with Gasteiger partial charge in [-0.2, -0.15) is 0 Å². The van der Waals surface area contributed by atoms with Crippen molar-refractivity contribution in [2.45, 2.75) is 34.2 Å². The Morgan fingerprint density at radius 2 is 1.86 bits per heavy atom. The number of hydrogen-bond donors (Lipinski definition) is 1. The van der Waals surface area contributed by atoms with Crippen LogP contribution in [0.25, 0.3) is 22.6 Å². The number of rotatable bonds is 5. The molecule has 7 nitrogen and oxygen atoms in total. The molecule has 0 aliphatic carbocycles. The normalized spacial score (nSPS) is 11.4. The van der Waals surface area contributed by atoms with Crippen molar-refractivity contribution in [3.63, 3.8) is 0 Å². The van der Waals surface area contributed by atoms with E-state index in [1.165, 1.54) is 0 Å². The third-order valence-electron chi connectivity index (χ3n) is 4.43. The number of aromatic nitrogens is 3. The summed E-state index contributed by atoms with van der Waals surface area (Å²) < 4.78 is 5.44. The molecule has 2 heterocycles. The van der Waals surface area contributed by atoms with Gasteiger partial charge in [-0.3, -0.25) is 4.79 Å². The predicted octanol–water partition coefficient (Wildman–Crippen LogP) is 3.84. The lowest BCUT2D eigenvalue weighted by Gasteiger charge is -2.17. The highest BCUT2D eigenvalue weighted by Gasteiger charge is 2.20. The molecule has 0 aliphatic rings. The van der Waals surface area contributed by atoms with Crippen molar-refractivity contribution in [2.75, 3.05) is 19.0 Å². The number of carbonyl (C=O) groups is 1. The molecule has 3 rings (SSSR count). The van der Waals surface area contributed by atoms with E-state index in [1.54, 1.807) is 6.20 Å². The van der Waals surface area contributed by atoms with Gasteiger partial charge >= 0.3 is 0 Å². The molecule has 0 saturated heterocycles. The van der Waals surface area contributed by atoms with Crippen LogP contribution < -0.4 is 10.2 Å². The molecule has 0 radical (unpaired) electrons. The van der Waals surface area contributed by atoms with Crippen molar-refractivity contribution in [3.05, 3.63) is 47.8 Å². The lowest BCUT2D eigenvalue weighted by atomic mass is 9.95. The van der Waals surface area contributed by atoms with Crippen LogP contribution in [-0.4, -0.2) is 35.1 Å². The minimum atomic E-state index is -0.409. The van der Waals surface area contributed by atoms with E-state index in [0.717, 1.165) is 28.1 Å². The highest BCUT2D eigenvalue weighted by Crippen LogP contribution is 2.31. The number of amides is 1. The highest BCUT2D eigenvalue weighted by molar-refractivity contribution is 5.81. The molecule has 29 heavy (non-hydrogen) atoms. The number of carbonyl (C=O) groups excluding carboxylic acids is 1. The van der Waals surface area contributed by atoms with Gasteiger partial charge in [-0.15, -0.1) is 0 Å². The first-order valence-electron chi connectivity index (χ1n) is 9.51. The van der Waals surface area contributed by atoms with Gasteiger partial charge in [0.05, 0.1) is 17.0 Å². The first-order valence-corrected chi connectivity index (χ1v) is 9.51. The SMILES string of the molecule is Cc1cc(-c2cnc(N(C)C)nc2-c2ccc(CNC(=O)C(C)(C)C)cc2)on1. The summed E-state index contributed by atoms with van der Waals surface area (Å²) in [5.74, 6) is 1.27. The Morgan fingerprint density at radius 1 is 1.17 bits per heavy atom. The van der Waals surface area contributed by atoms with Crippen molar-refractivity contribution in [2.24, 2.45) is 5.41 Å². The van der Waals surface area contributed by atoms with E-state index in [9.17, 15) is 4.79 Å². The summed E-state index contributed by atoms with van der Waals surface area (Å²) in [6.07, 6.45) is 1.76. The Morgan fingerprint density at radius 3 is 2.41 bits per heavy atom. The molecule has 0 fully saturated rings. The summed E-state index contributed by atoms with van der Waals surface area (Å²) in [5.41, 5.74) is 3.89. The first kappa shape index (κ1) is 20.5. The Balaban J connectivity index is 1.91. The molecule has 1 N–H and O–H groups in total. The summed E-state index contributed by atoms with van der Waals surface area (Å²) in [7, 11) is 3.80. The lowest BCUT2D eigenvalue weighted by molar-refractivity contribution is -0.128. The molecule has 0 saturated carbocycles. The molecule has 0 aliphatic heterocycles. The zero-order valence-corrected chi connectivity index (χ0v) is 17.8. The van der Waals surface area contributed by atoms with Crippen LogP contribution in [0.2, 0.25) is 0 Å². The molecule has 1 aromatic carbocycles. The van der Waals surface area contributed by atoms with Gasteiger partial charge < -0.3 is 14.7 Å². The van der Waals surface area contributed by atoms with Gasteiger partial charge in [0.25, 0.3) is 0 Å². The predicted molar refractivity (Wildman–Crippen MR) is 113 cm³/mol. The maximum Gasteiger partial charge on any atom is 0.225 e. The average molecular weight is 393 g/mol. The third-order valence-corrected chi connectivity index (χ3v) is 4.43. The fourth-order valence-electron chi connectivity index (χ4n) is 2.71. The molecule has 0 unspecified atom stereocenters. The number of nitrogens with one attached hydrogen (secondary N) is 1. The maximum atomic E-state index is 12.1. The molecule has 1 amide bonds. The van der Waals surface area contributed by atoms with Gasteiger partial charge in [-0.25, -0.2) is 9.97 Å². The van der Waals surface area contributed by atoms with Gasteiger partial charge in [0, 0.05) is 43.9 Å². The summed E-state index contributed by atoms with van der Waals surface area (Å²) in [6.45, 7) is 8.06. The summed E-state index contributed by atoms with van der Waals surface area (Å²) in [4.78, 5) is 23.1. The third kappa shape index (κ3) is 4.80. The highest BCUT2D eigenvalue weighted by atomic mass is 16.5. The smallest absolute Gasteiger partial charge is 0.225 e. The van der Waals surface area contributed by atoms with Gasteiger partial charge in [-0.05, 0) is 12.5 Å². The van der Waals surface area contributed by atoms with E-state index >= 15 is 0 Å². The molecule has 0 spiro atoms. The van der Waals surface area contributed by atoms with Gasteiger partial charge in [0.15, 0.2) is 5.76 Å². The minimum absolute atomic E-state index is 0.0241. The molecule has 3 aromatic rings. The summed E-state index contributed by atoms with van der Waals surface area (Å²) >= 11 is 0. The molecule has 152 valence electrons. The lowest BCUT2D eigenvalue weighted by Crippen LogP contribution is -2.34. The second-order valence-electron chi connectivity index (χ2n) is 8.29. The van der Waals surface area contributed by atoms with E-state index in [4.69, 9.17) is 9.51 Å². The van der Waals surface area contributed by atoms with Crippen LogP contribution in [0.1, 0.15) is 32.0 Å². The van der Waals surface area contributed by atoms with Crippen molar-refractivity contribution in [3.8, 4) is 22.6 Å². The Labute approximate surface area is 171 Å². The zero-order chi connectivity index (χ0) is 21.2. The molecule has 7 heteroatoms. The van der Waals surface area contributed by atoms with Gasteiger partial charge in [0.1, 0.15) is 0 Å². The maximum absolute atomic E-state index is 12.1. The standard InChI is InChI=1S/C22H27N5O2/c1-14-11-18(29-26-14)17-13-24-21(27(5)6)25-19(17)16-9-7-15(8-10-16)12-23-20(28)22(2,3)4/h7-11,13H,12H2,1-6H3,(H,23,28). The van der Waals surface area contributed by atoms with Crippen molar-refractivity contribution in [1.82, 2.24) is 20.4 Å². The van der Waals surface area contributed by atoms with E-state index in [1.807, 2.05) is 77.0 Å². The van der Waals surface area contributed by atoms with E-state index in [-0.39, 0.29) is 5.91 Å². The van der Waals surface area contributed by atoms with E-state index < -0.39 is 5.41 Å². The second-order valence-corrected chi connectivity index (χ2v) is 8.29. The van der Waals surface area contributed by atoms with Crippen molar-refractivity contribution in [1.29, 1.82) is 0 Å². The fraction of sp³-hybridized carbons (Fsp3) is 0.364.